The standard InChI is InChI=1S/C11H21N3O/c1-12-11(15)9-3-6-14(7-4-9)10-2-5-13-8-10/h9-10,13H,2-8H2,1H3,(H,12,15). The zero-order valence-corrected chi connectivity index (χ0v) is 9.46. The first kappa shape index (κ1) is 10.9. The van der Waals surface area contributed by atoms with Crippen LogP contribution < -0.4 is 10.6 Å². The van der Waals surface area contributed by atoms with Crippen molar-refractivity contribution < 1.29 is 4.79 Å². The Hall–Kier alpha value is -0.610. The van der Waals surface area contributed by atoms with Crippen molar-refractivity contribution >= 4 is 5.91 Å². The van der Waals surface area contributed by atoms with Gasteiger partial charge in [0, 0.05) is 25.6 Å². The lowest BCUT2D eigenvalue weighted by atomic mass is 9.95. The molecule has 2 aliphatic heterocycles. The second-order valence-corrected chi connectivity index (χ2v) is 4.57. The van der Waals surface area contributed by atoms with Gasteiger partial charge in [0.2, 0.25) is 5.91 Å². The van der Waals surface area contributed by atoms with Gasteiger partial charge in [-0.05, 0) is 38.9 Å². The van der Waals surface area contributed by atoms with E-state index in [1.807, 2.05) is 0 Å². The molecule has 2 heterocycles. The summed E-state index contributed by atoms with van der Waals surface area (Å²) >= 11 is 0. The van der Waals surface area contributed by atoms with Gasteiger partial charge >= 0.3 is 0 Å². The molecule has 0 bridgehead atoms. The highest BCUT2D eigenvalue weighted by Gasteiger charge is 2.29. The van der Waals surface area contributed by atoms with Crippen molar-refractivity contribution in [3.63, 3.8) is 0 Å². The molecular weight excluding hydrogens is 190 g/mol. The minimum Gasteiger partial charge on any atom is -0.359 e. The smallest absolute Gasteiger partial charge is 0.222 e. The van der Waals surface area contributed by atoms with Crippen LogP contribution in [0.1, 0.15) is 19.3 Å². The van der Waals surface area contributed by atoms with Crippen LogP contribution >= 0.6 is 0 Å². The maximum Gasteiger partial charge on any atom is 0.222 e. The number of carbonyl (C=O) groups is 1. The monoisotopic (exact) mass is 211 g/mol. The summed E-state index contributed by atoms with van der Waals surface area (Å²) in [5, 5.41) is 6.14. The first-order chi connectivity index (χ1) is 7.31. The van der Waals surface area contributed by atoms with E-state index < -0.39 is 0 Å². The second-order valence-electron chi connectivity index (χ2n) is 4.57. The molecular formula is C11H21N3O. The van der Waals surface area contributed by atoms with E-state index in [1.165, 1.54) is 6.42 Å². The van der Waals surface area contributed by atoms with Crippen molar-refractivity contribution in [3.8, 4) is 0 Å². The van der Waals surface area contributed by atoms with Gasteiger partial charge < -0.3 is 10.6 Å². The lowest BCUT2D eigenvalue weighted by Crippen LogP contribution is -2.45. The molecule has 2 rings (SSSR count). The summed E-state index contributed by atoms with van der Waals surface area (Å²) in [5.74, 6) is 0.472. The van der Waals surface area contributed by atoms with Crippen LogP contribution in [0.25, 0.3) is 0 Å². The van der Waals surface area contributed by atoms with Gasteiger partial charge in [-0.15, -0.1) is 0 Å². The third kappa shape index (κ3) is 2.49. The number of carbonyl (C=O) groups excluding carboxylic acids is 1. The SMILES string of the molecule is CNC(=O)C1CCN(C2CCNC2)CC1. The van der Waals surface area contributed by atoms with Crippen molar-refractivity contribution in [2.45, 2.75) is 25.3 Å². The maximum absolute atomic E-state index is 11.5. The summed E-state index contributed by atoms with van der Waals surface area (Å²) in [5.41, 5.74) is 0. The lowest BCUT2D eigenvalue weighted by Gasteiger charge is -2.34. The van der Waals surface area contributed by atoms with Crippen LogP contribution in [0.3, 0.4) is 0 Å². The lowest BCUT2D eigenvalue weighted by molar-refractivity contribution is -0.126. The first-order valence-electron chi connectivity index (χ1n) is 5.97. The van der Waals surface area contributed by atoms with Crippen molar-refractivity contribution in [1.29, 1.82) is 0 Å². The molecule has 1 atom stereocenters. The van der Waals surface area contributed by atoms with E-state index >= 15 is 0 Å². The Kier molecular flexibility index (Phi) is 3.59. The largest absolute Gasteiger partial charge is 0.359 e. The Bertz CT molecular complexity index is 218. The summed E-state index contributed by atoms with van der Waals surface area (Å²) in [6.07, 6.45) is 3.32. The van der Waals surface area contributed by atoms with Crippen molar-refractivity contribution in [1.82, 2.24) is 15.5 Å². The number of hydrogen-bond acceptors (Lipinski definition) is 3. The van der Waals surface area contributed by atoms with Crippen molar-refractivity contribution in [2.75, 3.05) is 33.2 Å². The molecule has 15 heavy (non-hydrogen) atoms. The van der Waals surface area contributed by atoms with Gasteiger partial charge in [-0.3, -0.25) is 9.69 Å². The maximum atomic E-state index is 11.5. The number of rotatable bonds is 2. The predicted octanol–water partition coefficient (Wildman–Crippen LogP) is -0.194. The van der Waals surface area contributed by atoms with Gasteiger partial charge in [-0.2, -0.15) is 0 Å². The van der Waals surface area contributed by atoms with Gasteiger partial charge in [0.25, 0.3) is 0 Å². The van der Waals surface area contributed by atoms with E-state index in [-0.39, 0.29) is 11.8 Å². The topological polar surface area (TPSA) is 44.4 Å². The Balaban J connectivity index is 1.78. The van der Waals surface area contributed by atoms with Crippen LogP contribution in [-0.4, -0.2) is 50.1 Å². The van der Waals surface area contributed by atoms with Crippen LogP contribution in [-0.2, 0) is 4.79 Å². The van der Waals surface area contributed by atoms with Gasteiger partial charge in [0.05, 0.1) is 0 Å². The molecule has 2 aliphatic rings. The van der Waals surface area contributed by atoms with Crippen molar-refractivity contribution in [2.24, 2.45) is 5.92 Å². The normalized spacial score (nSPS) is 29.3. The molecule has 1 amide bonds. The minimum absolute atomic E-state index is 0.221. The summed E-state index contributed by atoms with van der Waals surface area (Å²) in [4.78, 5) is 14.0. The molecule has 86 valence electrons. The van der Waals surface area contributed by atoms with E-state index in [9.17, 15) is 4.79 Å². The third-order valence-electron chi connectivity index (χ3n) is 3.70. The zero-order chi connectivity index (χ0) is 10.7. The zero-order valence-electron chi connectivity index (χ0n) is 9.46. The fourth-order valence-electron chi connectivity index (χ4n) is 2.68. The molecule has 0 radical (unpaired) electrons. The number of nitrogens with one attached hydrogen (secondary N) is 2. The molecule has 0 aromatic rings. The fourth-order valence-corrected chi connectivity index (χ4v) is 2.68. The predicted molar refractivity (Wildman–Crippen MR) is 59.6 cm³/mol. The van der Waals surface area contributed by atoms with Gasteiger partial charge in [-0.25, -0.2) is 0 Å². The quantitative estimate of drug-likeness (QED) is 0.665. The van der Waals surface area contributed by atoms with E-state index in [2.05, 4.69) is 15.5 Å². The molecule has 4 nitrogen and oxygen atoms in total. The third-order valence-corrected chi connectivity index (χ3v) is 3.70. The molecule has 4 heteroatoms. The van der Waals surface area contributed by atoms with Crippen LogP contribution in [0, 0.1) is 5.92 Å². The number of piperidine rings is 1. The van der Waals surface area contributed by atoms with Crippen LogP contribution in [0.2, 0.25) is 0 Å². The molecule has 0 aromatic carbocycles. The Morgan fingerprint density at radius 2 is 2.07 bits per heavy atom. The molecule has 2 N–H and O–H groups in total. The molecule has 0 spiro atoms. The molecule has 1 unspecified atom stereocenters. The van der Waals surface area contributed by atoms with E-state index in [0.717, 1.165) is 45.1 Å². The first-order valence-corrected chi connectivity index (χ1v) is 5.97. The average Bonchev–Trinajstić information content (AvgIpc) is 2.82. The van der Waals surface area contributed by atoms with Gasteiger partial charge in [-0.1, -0.05) is 0 Å². The number of likely N-dealkylation sites (tertiary alicyclic amines) is 1. The fraction of sp³-hybridized carbons (Fsp3) is 0.909. The Morgan fingerprint density at radius 1 is 1.33 bits per heavy atom. The van der Waals surface area contributed by atoms with Crippen LogP contribution in [0.5, 0.6) is 0 Å². The summed E-state index contributed by atoms with van der Waals surface area (Å²) in [7, 11) is 1.73. The molecule has 2 saturated heterocycles. The summed E-state index contributed by atoms with van der Waals surface area (Å²) in [6, 6.07) is 0.718. The van der Waals surface area contributed by atoms with Crippen molar-refractivity contribution in [3.05, 3.63) is 0 Å². The number of amides is 1. The minimum atomic E-state index is 0.221. The van der Waals surface area contributed by atoms with Gasteiger partial charge in [0.1, 0.15) is 0 Å². The van der Waals surface area contributed by atoms with E-state index in [0.29, 0.717) is 0 Å². The van der Waals surface area contributed by atoms with E-state index in [1.54, 1.807) is 7.05 Å². The van der Waals surface area contributed by atoms with Crippen LogP contribution in [0.15, 0.2) is 0 Å². The highest BCUT2D eigenvalue weighted by atomic mass is 16.1. The molecule has 0 saturated carbocycles. The Labute approximate surface area is 91.4 Å². The molecule has 0 aliphatic carbocycles. The number of hydrogen-bond donors (Lipinski definition) is 2. The second kappa shape index (κ2) is 4.94. The molecule has 0 aromatic heterocycles. The number of nitrogens with zero attached hydrogens (tertiary/aromatic N) is 1. The Morgan fingerprint density at radius 3 is 2.60 bits per heavy atom. The van der Waals surface area contributed by atoms with Gasteiger partial charge in [0.15, 0.2) is 0 Å². The molecule has 2 fully saturated rings. The summed E-state index contributed by atoms with van der Waals surface area (Å²) in [6.45, 7) is 4.46. The van der Waals surface area contributed by atoms with E-state index in [4.69, 9.17) is 0 Å². The average molecular weight is 211 g/mol. The highest BCUT2D eigenvalue weighted by molar-refractivity contribution is 5.78. The van der Waals surface area contributed by atoms with Crippen LogP contribution in [0.4, 0.5) is 0 Å². The summed E-state index contributed by atoms with van der Waals surface area (Å²) < 4.78 is 0. The highest BCUT2D eigenvalue weighted by Crippen LogP contribution is 2.21.